The van der Waals surface area contributed by atoms with Gasteiger partial charge in [-0.2, -0.15) is 0 Å². The highest BCUT2D eigenvalue weighted by atomic mass is 35.5. The molecule has 1 aromatic carbocycles. The number of piperidine rings is 1. The lowest BCUT2D eigenvalue weighted by molar-refractivity contribution is -0.125. The molecule has 3 rings (SSSR count). The van der Waals surface area contributed by atoms with Crippen molar-refractivity contribution in [3.05, 3.63) is 29.3 Å². The SMILES string of the molecule is O=C(NCCN1CCN(c2cccc(Cl)c2)CC1)C1CCCNC1. The van der Waals surface area contributed by atoms with Crippen molar-refractivity contribution < 1.29 is 4.79 Å². The van der Waals surface area contributed by atoms with Gasteiger partial charge in [0.25, 0.3) is 0 Å². The number of hydrogen-bond acceptors (Lipinski definition) is 4. The van der Waals surface area contributed by atoms with Crippen LogP contribution in [-0.4, -0.2) is 63.2 Å². The van der Waals surface area contributed by atoms with Gasteiger partial charge in [0.1, 0.15) is 0 Å². The van der Waals surface area contributed by atoms with Crippen molar-refractivity contribution in [1.29, 1.82) is 0 Å². The first-order valence-corrected chi connectivity index (χ1v) is 9.31. The van der Waals surface area contributed by atoms with E-state index in [2.05, 4.69) is 26.5 Å². The fraction of sp³-hybridized carbons (Fsp3) is 0.611. The molecule has 6 heteroatoms. The Morgan fingerprint density at radius 3 is 2.83 bits per heavy atom. The number of hydrogen-bond donors (Lipinski definition) is 2. The summed E-state index contributed by atoms with van der Waals surface area (Å²) >= 11 is 6.07. The molecule has 2 heterocycles. The number of carbonyl (C=O) groups is 1. The molecule has 1 aromatic rings. The Morgan fingerprint density at radius 2 is 2.12 bits per heavy atom. The van der Waals surface area contributed by atoms with Crippen LogP contribution < -0.4 is 15.5 Å². The molecule has 132 valence electrons. The van der Waals surface area contributed by atoms with Crippen molar-refractivity contribution in [3.63, 3.8) is 0 Å². The van der Waals surface area contributed by atoms with Crippen molar-refractivity contribution in [3.8, 4) is 0 Å². The van der Waals surface area contributed by atoms with Crippen LogP contribution in [0.25, 0.3) is 0 Å². The second-order valence-electron chi connectivity index (χ2n) is 6.64. The molecule has 2 fully saturated rings. The maximum Gasteiger partial charge on any atom is 0.224 e. The number of nitrogens with zero attached hydrogens (tertiary/aromatic N) is 2. The van der Waals surface area contributed by atoms with Gasteiger partial charge in [-0.05, 0) is 37.6 Å². The second kappa shape index (κ2) is 8.70. The molecule has 0 saturated carbocycles. The van der Waals surface area contributed by atoms with E-state index in [1.807, 2.05) is 18.2 Å². The van der Waals surface area contributed by atoms with Gasteiger partial charge in [0.05, 0.1) is 5.92 Å². The van der Waals surface area contributed by atoms with Gasteiger partial charge in [-0.15, -0.1) is 0 Å². The monoisotopic (exact) mass is 350 g/mol. The summed E-state index contributed by atoms with van der Waals surface area (Å²) in [6, 6.07) is 8.04. The summed E-state index contributed by atoms with van der Waals surface area (Å²) in [5.74, 6) is 0.359. The quantitative estimate of drug-likeness (QED) is 0.846. The number of rotatable bonds is 5. The molecule has 2 aliphatic rings. The molecule has 2 saturated heterocycles. The summed E-state index contributed by atoms with van der Waals surface area (Å²) in [4.78, 5) is 16.9. The highest BCUT2D eigenvalue weighted by Crippen LogP contribution is 2.20. The summed E-state index contributed by atoms with van der Waals surface area (Å²) in [6.07, 6.45) is 2.11. The molecule has 2 aliphatic heterocycles. The standard InChI is InChI=1S/C18H27ClN4O/c19-16-4-1-5-17(13-16)23-11-9-22(10-12-23)8-7-21-18(24)15-3-2-6-20-14-15/h1,4-5,13,15,20H,2-3,6-12,14H2,(H,21,24). The van der Waals surface area contributed by atoms with E-state index in [9.17, 15) is 4.79 Å². The minimum atomic E-state index is 0.151. The summed E-state index contributed by atoms with van der Waals surface area (Å²) in [5.41, 5.74) is 1.19. The van der Waals surface area contributed by atoms with Gasteiger partial charge in [-0.3, -0.25) is 9.69 Å². The van der Waals surface area contributed by atoms with E-state index >= 15 is 0 Å². The average Bonchev–Trinajstić information content (AvgIpc) is 2.63. The fourth-order valence-electron chi connectivity index (χ4n) is 3.46. The number of anilines is 1. The molecule has 1 amide bonds. The Hall–Kier alpha value is -1.30. The van der Waals surface area contributed by atoms with Crippen molar-refractivity contribution in [2.45, 2.75) is 12.8 Å². The predicted molar refractivity (Wildman–Crippen MR) is 98.7 cm³/mol. The highest BCUT2D eigenvalue weighted by molar-refractivity contribution is 6.30. The van der Waals surface area contributed by atoms with E-state index in [0.29, 0.717) is 0 Å². The zero-order valence-corrected chi connectivity index (χ0v) is 14.9. The number of halogens is 1. The molecule has 1 unspecified atom stereocenters. The number of nitrogens with one attached hydrogen (secondary N) is 2. The molecule has 0 bridgehead atoms. The molecular formula is C18H27ClN4O. The third kappa shape index (κ3) is 4.85. The fourth-order valence-corrected chi connectivity index (χ4v) is 3.64. The van der Waals surface area contributed by atoms with Crippen LogP contribution in [0.3, 0.4) is 0 Å². The molecule has 0 radical (unpaired) electrons. The molecular weight excluding hydrogens is 324 g/mol. The normalized spacial score (nSPS) is 22.4. The molecule has 0 spiro atoms. The summed E-state index contributed by atoms with van der Waals surface area (Å²) in [5, 5.41) is 7.18. The van der Waals surface area contributed by atoms with Crippen LogP contribution >= 0.6 is 11.6 Å². The van der Waals surface area contributed by atoms with Crippen LogP contribution in [0, 0.1) is 5.92 Å². The maximum atomic E-state index is 12.1. The molecule has 5 nitrogen and oxygen atoms in total. The minimum Gasteiger partial charge on any atom is -0.369 e. The van der Waals surface area contributed by atoms with E-state index in [0.717, 1.165) is 70.2 Å². The Bertz CT molecular complexity index is 540. The number of piperazine rings is 1. The van der Waals surface area contributed by atoms with Crippen molar-refractivity contribution in [1.82, 2.24) is 15.5 Å². The van der Waals surface area contributed by atoms with E-state index in [4.69, 9.17) is 11.6 Å². The zero-order valence-electron chi connectivity index (χ0n) is 14.1. The topological polar surface area (TPSA) is 47.6 Å². The first-order chi connectivity index (χ1) is 11.7. The van der Waals surface area contributed by atoms with Crippen LogP contribution in [-0.2, 0) is 4.79 Å². The van der Waals surface area contributed by atoms with E-state index in [1.54, 1.807) is 0 Å². The van der Waals surface area contributed by atoms with Gasteiger partial charge in [0.2, 0.25) is 5.91 Å². The Kier molecular flexibility index (Phi) is 6.35. The van der Waals surface area contributed by atoms with Crippen molar-refractivity contribution in [2.24, 2.45) is 5.92 Å². The van der Waals surface area contributed by atoms with Crippen molar-refractivity contribution in [2.75, 3.05) is 57.3 Å². The van der Waals surface area contributed by atoms with Crippen LogP contribution in [0.15, 0.2) is 24.3 Å². The number of carbonyl (C=O) groups excluding carboxylic acids is 1. The van der Waals surface area contributed by atoms with Gasteiger partial charge in [-0.25, -0.2) is 0 Å². The van der Waals surface area contributed by atoms with Gasteiger partial charge >= 0.3 is 0 Å². The van der Waals surface area contributed by atoms with Crippen LogP contribution in [0.2, 0.25) is 5.02 Å². The zero-order chi connectivity index (χ0) is 16.8. The van der Waals surface area contributed by atoms with Crippen LogP contribution in [0.1, 0.15) is 12.8 Å². The maximum absolute atomic E-state index is 12.1. The molecule has 0 aliphatic carbocycles. The lowest BCUT2D eigenvalue weighted by atomic mass is 9.99. The third-order valence-electron chi connectivity index (χ3n) is 4.94. The molecule has 0 aromatic heterocycles. The van der Waals surface area contributed by atoms with E-state index in [1.165, 1.54) is 5.69 Å². The lowest BCUT2D eigenvalue weighted by Crippen LogP contribution is -2.49. The van der Waals surface area contributed by atoms with Gasteiger partial charge < -0.3 is 15.5 Å². The number of benzene rings is 1. The summed E-state index contributed by atoms with van der Waals surface area (Å²) in [7, 11) is 0. The van der Waals surface area contributed by atoms with Gasteiger partial charge in [-0.1, -0.05) is 17.7 Å². The van der Waals surface area contributed by atoms with Gasteiger partial charge in [0.15, 0.2) is 0 Å². The second-order valence-corrected chi connectivity index (χ2v) is 7.08. The molecule has 1 atom stereocenters. The first kappa shape index (κ1) is 17.5. The Balaban J connectivity index is 1.36. The van der Waals surface area contributed by atoms with E-state index < -0.39 is 0 Å². The summed E-state index contributed by atoms with van der Waals surface area (Å²) in [6.45, 7) is 7.58. The van der Waals surface area contributed by atoms with Crippen molar-refractivity contribution >= 4 is 23.2 Å². The lowest BCUT2D eigenvalue weighted by Gasteiger charge is -2.36. The van der Waals surface area contributed by atoms with Gasteiger partial charge in [0, 0.05) is 56.5 Å². The third-order valence-corrected chi connectivity index (χ3v) is 5.18. The first-order valence-electron chi connectivity index (χ1n) is 8.94. The predicted octanol–water partition coefficient (Wildman–Crippen LogP) is 1.58. The Labute approximate surface area is 149 Å². The molecule has 2 N–H and O–H groups in total. The largest absolute Gasteiger partial charge is 0.369 e. The average molecular weight is 351 g/mol. The summed E-state index contributed by atoms with van der Waals surface area (Å²) < 4.78 is 0. The Morgan fingerprint density at radius 1 is 1.29 bits per heavy atom. The smallest absolute Gasteiger partial charge is 0.224 e. The highest BCUT2D eigenvalue weighted by Gasteiger charge is 2.21. The van der Waals surface area contributed by atoms with Crippen LogP contribution in [0.5, 0.6) is 0 Å². The minimum absolute atomic E-state index is 0.151. The van der Waals surface area contributed by atoms with E-state index in [-0.39, 0.29) is 11.8 Å². The number of amides is 1. The van der Waals surface area contributed by atoms with Crippen LogP contribution in [0.4, 0.5) is 5.69 Å². The molecule has 24 heavy (non-hydrogen) atoms.